The molecule has 170 valence electrons. The van der Waals surface area contributed by atoms with Crippen molar-refractivity contribution in [2.24, 2.45) is 0 Å². The number of hydrogen-bond acceptors (Lipinski definition) is 6. The second-order valence-electron chi connectivity index (χ2n) is 7.30. The lowest BCUT2D eigenvalue weighted by atomic mass is 9.98. The number of carbonyl (C=O) groups excluding carboxylic acids is 1. The molecule has 0 aliphatic carbocycles. The first-order valence-corrected chi connectivity index (χ1v) is 10.7. The number of alkyl halides is 3. The van der Waals surface area contributed by atoms with Gasteiger partial charge >= 0.3 is 12.1 Å². The van der Waals surface area contributed by atoms with E-state index in [-0.39, 0.29) is 18.1 Å². The maximum Gasteiger partial charge on any atom is 0.490 e. The first-order chi connectivity index (χ1) is 14.7. The smallest absolute Gasteiger partial charge is 0.475 e. The molecule has 11 heteroatoms. The number of carbonyl (C=O) groups is 2. The molecule has 0 radical (unpaired) electrons. The summed E-state index contributed by atoms with van der Waals surface area (Å²) < 4.78 is 43.1. The highest BCUT2D eigenvalue weighted by Crippen LogP contribution is 2.32. The van der Waals surface area contributed by atoms with Crippen LogP contribution in [0.1, 0.15) is 30.6 Å². The van der Waals surface area contributed by atoms with Crippen molar-refractivity contribution in [2.75, 3.05) is 6.54 Å². The predicted octanol–water partition coefficient (Wildman–Crippen LogP) is 3.41. The summed E-state index contributed by atoms with van der Waals surface area (Å²) in [5.41, 5.74) is 1.37. The molecule has 2 fully saturated rings. The van der Waals surface area contributed by atoms with E-state index in [0.717, 1.165) is 38.1 Å². The minimum Gasteiger partial charge on any atom is -0.475 e. The summed E-state index contributed by atoms with van der Waals surface area (Å²) in [5, 5.41) is 14.4. The number of ether oxygens (including phenoxy) is 1. The molecule has 0 bridgehead atoms. The number of nitrogens with one attached hydrogen (secondary N) is 1. The number of amides is 1. The molecule has 1 amide bonds. The van der Waals surface area contributed by atoms with Crippen molar-refractivity contribution in [3.05, 3.63) is 46.5 Å². The Hall–Kier alpha value is -2.37. The quantitative estimate of drug-likeness (QED) is 0.711. The highest BCUT2D eigenvalue weighted by molar-refractivity contribution is 7.07. The van der Waals surface area contributed by atoms with Gasteiger partial charge in [-0.05, 0) is 53.8 Å². The maximum atomic E-state index is 12.3. The Morgan fingerprint density at radius 3 is 2.65 bits per heavy atom. The molecule has 0 unspecified atom stereocenters. The Morgan fingerprint density at radius 2 is 2.03 bits per heavy atom. The van der Waals surface area contributed by atoms with Gasteiger partial charge in [0.2, 0.25) is 5.91 Å². The number of hydrogen-bond donors (Lipinski definition) is 2. The maximum absolute atomic E-state index is 12.3. The third-order valence-electron chi connectivity index (χ3n) is 5.18. The minimum atomic E-state index is -5.08. The van der Waals surface area contributed by atoms with E-state index in [1.165, 1.54) is 5.56 Å². The Kier molecular flexibility index (Phi) is 7.74. The van der Waals surface area contributed by atoms with E-state index in [2.05, 4.69) is 27.0 Å². The van der Waals surface area contributed by atoms with E-state index in [0.29, 0.717) is 12.6 Å². The summed E-state index contributed by atoms with van der Waals surface area (Å²) in [6, 6.07) is 6.31. The molecule has 7 nitrogen and oxygen atoms in total. The van der Waals surface area contributed by atoms with Gasteiger partial charge in [-0.3, -0.25) is 9.69 Å². The molecule has 4 rings (SSSR count). The fraction of sp³-hybridized carbons (Fsp3) is 0.500. The highest BCUT2D eigenvalue weighted by Gasteiger charge is 2.41. The Balaban J connectivity index is 0.000000339. The van der Waals surface area contributed by atoms with Crippen LogP contribution in [-0.4, -0.2) is 52.9 Å². The minimum absolute atomic E-state index is 0.0267. The van der Waals surface area contributed by atoms with Gasteiger partial charge in [-0.15, -0.1) is 0 Å². The Bertz CT molecular complexity index is 842. The molecule has 2 aliphatic rings. The molecule has 2 N–H and O–H groups in total. The van der Waals surface area contributed by atoms with E-state index in [1.807, 2.05) is 12.1 Å². The van der Waals surface area contributed by atoms with Gasteiger partial charge in [0.1, 0.15) is 11.9 Å². The monoisotopic (exact) mass is 460 g/mol. The molecule has 2 aromatic rings. The topological polar surface area (TPSA) is 92.0 Å². The van der Waals surface area contributed by atoms with Crippen LogP contribution in [0.2, 0.25) is 0 Å². The van der Waals surface area contributed by atoms with Crippen molar-refractivity contribution in [1.29, 1.82) is 0 Å². The second kappa shape index (κ2) is 10.3. The lowest BCUT2D eigenvalue weighted by Crippen LogP contribution is -2.47. The van der Waals surface area contributed by atoms with Gasteiger partial charge in [-0.2, -0.15) is 24.5 Å². The molecule has 2 saturated heterocycles. The number of thiophene rings is 1. The molecule has 2 aliphatic heterocycles. The SMILES string of the molecule is O=C(NCc1ccco1)[C@@H]1CC[C@@H]2[C@@H](CCN2Cc2ccsc2)O1.O=C(O)C(F)(F)F. The van der Waals surface area contributed by atoms with Crippen molar-refractivity contribution in [1.82, 2.24) is 10.2 Å². The van der Waals surface area contributed by atoms with E-state index < -0.39 is 12.1 Å². The summed E-state index contributed by atoms with van der Waals surface area (Å²) >= 11 is 1.74. The van der Waals surface area contributed by atoms with Crippen LogP contribution in [0.3, 0.4) is 0 Å². The van der Waals surface area contributed by atoms with Gasteiger partial charge < -0.3 is 19.6 Å². The zero-order valence-electron chi connectivity index (χ0n) is 16.5. The fourth-order valence-corrected chi connectivity index (χ4v) is 4.38. The number of halogens is 3. The summed E-state index contributed by atoms with van der Waals surface area (Å²) in [5.74, 6) is -2.02. The first-order valence-electron chi connectivity index (χ1n) is 9.75. The molecule has 4 heterocycles. The van der Waals surface area contributed by atoms with Crippen LogP contribution in [0, 0.1) is 0 Å². The molecule has 3 atom stereocenters. The highest BCUT2D eigenvalue weighted by atomic mass is 32.1. The standard InChI is InChI=1S/C18H22N2O3S.C2HF3O2/c21-18(19-10-14-2-1-8-22-14)17-4-3-15-16(23-17)5-7-20(15)11-13-6-9-24-12-13;3-2(4,5)1(6)7/h1-2,6,8-9,12,15-17H,3-5,7,10-11H2,(H,19,21);(H,6,7)/t15-,16-,17+;/m1./s1. The van der Waals surface area contributed by atoms with Crippen LogP contribution in [-0.2, 0) is 27.4 Å². The Morgan fingerprint density at radius 1 is 1.26 bits per heavy atom. The summed E-state index contributed by atoms with van der Waals surface area (Å²) in [4.78, 5) is 23.7. The average Bonchev–Trinajstić information content (AvgIpc) is 3.49. The number of likely N-dealkylation sites (tertiary alicyclic amines) is 1. The zero-order valence-corrected chi connectivity index (χ0v) is 17.3. The predicted molar refractivity (Wildman–Crippen MR) is 105 cm³/mol. The number of furan rings is 1. The molecular formula is C20H23F3N2O5S. The average molecular weight is 460 g/mol. The number of carboxylic acid groups (broad SMARTS) is 1. The lowest BCUT2D eigenvalue weighted by molar-refractivity contribution is -0.192. The van der Waals surface area contributed by atoms with Crippen molar-refractivity contribution < 1.29 is 37.0 Å². The molecular weight excluding hydrogens is 437 g/mol. The number of nitrogens with zero attached hydrogens (tertiary/aromatic N) is 1. The van der Waals surface area contributed by atoms with Crippen LogP contribution in [0.4, 0.5) is 13.2 Å². The zero-order chi connectivity index (χ0) is 22.4. The van der Waals surface area contributed by atoms with Crippen LogP contribution in [0.15, 0.2) is 39.6 Å². The molecule has 0 saturated carbocycles. The van der Waals surface area contributed by atoms with E-state index in [9.17, 15) is 18.0 Å². The van der Waals surface area contributed by atoms with Gasteiger partial charge in [-0.25, -0.2) is 4.79 Å². The fourth-order valence-electron chi connectivity index (χ4n) is 3.72. The van der Waals surface area contributed by atoms with Crippen LogP contribution < -0.4 is 5.32 Å². The van der Waals surface area contributed by atoms with Crippen molar-refractivity contribution in [2.45, 2.75) is 56.8 Å². The Labute approximate surface area is 180 Å². The first kappa shape index (κ1) is 23.3. The van der Waals surface area contributed by atoms with Crippen molar-refractivity contribution >= 4 is 23.2 Å². The van der Waals surface area contributed by atoms with Crippen LogP contribution in [0.5, 0.6) is 0 Å². The lowest BCUT2D eigenvalue weighted by Gasteiger charge is -2.35. The van der Waals surface area contributed by atoms with Gasteiger partial charge in [0.05, 0.1) is 18.9 Å². The van der Waals surface area contributed by atoms with E-state index in [1.54, 1.807) is 17.6 Å². The molecule has 31 heavy (non-hydrogen) atoms. The number of aliphatic carboxylic acids is 1. The van der Waals surface area contributed by atoms with Gasteiger partial charge in [-0.1, -0.05) is 0 Å². The van der Waals surface area contributed by atoms with Gasteiger partial charge in [0.25, 0.3) is 0 Å². The largest absolute Gasteiger partial charge is 0.490 e. The summed E-state index contributed by atoms with van der Waals surface area (Å²) in [7, 11) is 0. The van der Waals surface area contributed by atoms with Crippen molar-refractivity contribution in [3.63, 3.8) is 0 Å². The van der Waals surface area contributed by atoms with E-state index in [4.69, 9.17) is 19.1 Å². The summed E-state index contributed by atoms with van der Waals surface area (Å²) in [6.07, 6.45) is -0.807. The number of rotatable bonds is 5. The third-order valence-corrected chi connectivity index (χ3v) is 5.91. The number of fused-ring (bicyclic) bond motifs is 1. The second-order valence-corrected chi connectivity index (χ2v) is 8.08. The third kappa shape index (κ3) is 6.55. The van der Waals surface area contributed by atoms with Gasteiger partial charge in [0.15, 0.2) is 0 Å². The van der Waals surface area contributed by atoms with Crippen LogP contribution >= 0.6 is 11.3 Å². The van der Waals surface area contributed by atoms with Crippen LogP contribution in [0.25, 0.3) is 0 Å². The van der Waals surface area contributed by atoms with Gasteiger partial charge in [0, 0.05) is 19.1 Å². The molecule has 0 spiro atoms. The normalized spacial score (nSPS) is 23.5. The number of carboxylic acids is 1. The molecule has 2 aromatic heterocycles. The van der Waals surface area contributed by atoms with Crippen molar-refractivity contribution in [3.8, 4) is 0 Å². The van der Waals surface area contributed by atoms with E-state index >= 15 is 0 Å². The molecule has 0 aromatic carbocycles. The summed E-state index contributed by atoms with van der Waals surface area (Å²) in [6.45, 7) is 2.46.